The predicted molar refractivity (Wildman–Crippen MR) is 139 cm³/mol. The lowest BCUT2D eigenvalue weighted by atomic mass is 10.1. The Hall–Kier alpha value is -2.39. The summed E-state index contributed by atoms with van der Waals surface area (Å²) in [6.07, 6.45) is 0.181. The predicted octanol–water partition coefficient (Wildman–Crippen LogP) is 4.21. The van der Waals surface area contributed by atoms with Crippen LogP contribution in [0.2, 0.25) is 0 Å². The molecule has 0 atom stereocenters. The molecule has 0 bridgehead atoms. The van der Waals surface area contributed by atoms with E-state index in [0.717, 1.165) is 42.3 Å². The van der Waals surface area contributed by atoms with E-state index in [0.29, 0.717) is 24.7 Å². The number of benzene rings is 1. The molecule has 0 fully saturated rings. The summed E-state index contributed by atoms with van der Waals surface area (Å²) in [6, 6.07) is 5.00. The van der Waals surface area contributed by atoms with Crippen molar-refractivity contribution in [3.63, 3.8) is 0 Å². The second-order valence-electron chi connectivity index (χ2n) is 8.89. The van der Waals surface area contributed by atoms with Crippen LogP contribution in [-0.4, -0.2) is 54.6 Å². The number of aromatic nitrogens is 2. The summed E-state index contributed by atoms with van der Waals surface area (Å²) >= 11 is 0. The largest absolute Gasteiger partial charge is 0.370 e. The van der Waals surface area contributed by atoms with E-state index >= 15 is 0 Å². The standard InChI is InChI=1S/C25H41N5O3S/c1-9-28(10-2)24-14-13-21(34(32,33)29(11-3)12-4)15-23(24)26-25(31)16-22-19(7)27-30(20(22)8)17-18(5)6/h13-15,18H,9-12,16-17H2,1-8H3,(H,26,31). The van der Waals surface area contributed by atoms with Gasteiger partial charge in [-0.2, -0.15) is 9.40 Å². The minimum absolute atomic E-state index is 0.180. The molecule has 1 aromatic carbocycles. The highest BCUT2D eigenvalue weighted by Gasteiger charge is 2.24. The molecule has 0 aliphatic carbocycles. The van der Waals surface area contributed by atoms with Gasteiger partial charge in [0, 0.05) is 44.0 Å². The van der Waals surface area contributed by atoms with E-state index in [1.807, 2.05) is 46.2 Å². The topological polar surface area (TPSA) is 87.5 Å². The molecule has 1 aromatic heterocycles. The van der Waals surface area contributed by atoms with Gasteiger partial charge in [-0.3, -0.25) is 9.48 Å². The van der Waals surface area contributed by atoms with Gasteiger partial charge in [-0.1, -0.05) is 27.7 Å². The van der Waals surface area contributed by atoms with Crippen LogP contribution in [0.15, 0.2) is 23.1 Å². The van der Waals surface area contributed by atoms with Gasteiger partial charge in [0.15, 0.2) is 0 Å². The van der Waals surface area contributed by atoms with E-state index in [1.54, 1.807) is 18.2 Å². The number of carbonyl (C=O) groups is 1. The molecule has 8 nitrogen and oxygen atoms in total. The molecule has 0 radical (unpaired) electrons. The fourth-order valence-electron chi connectivity index (χ4n) is 4.20. The number of sulfonamides is 1. The van der Waals surface area contributed by atoms with Gasteiger partial charge in [0.05, 0.1) is 28.4 Å². The molecule has 2 aromatic rings. The fraction of sp³-hybridized carbons (Fsp3) is 0.600. The number of aryl methyl sites for hydroxylation is 1. The number of hydrogen-bond donors (Lipinski definition) is 1. The lowest BCUT2D eigenvalue weighted by Gasteiger charge is -2.26. The molecule has 0 saturated carbocycles. The summed E-state index contributed by atoms with van der Waals surface area (Å²) in [5.41, 5.74) is 4.06. The number of carbonyl (C=O) groups excluding carboxylic acids is 1. The van der Waals surface area contributed by atoms with E-state index < -0.39 is 10.0 Å². The van der Waals surface area contributed by atoms with E-state index in [4.69, 9.17) is 0 Å². The quantitative estimate of drug-likeness (QED) is 0.480. The average molecular weight is 492 g/mol. The maximum atomic E-state index is 13.1. The van der Waals surface area contributed by atoms with Crippen LogP contribution >= 0.6 is 0 Å². The number of amides is 1. The molecule has 0 aliphatic rings. The zero-order chi connectivity index (χ0) is 25.6. The molecule has 2 rings (SSSR count). The summed E-state index contributed by atoms with van der Waals surface area (Å²) < 4.78 is 29.6. The van der Waals surface area contributed by atoms with E-state index in [9.17, 15) is 13.2 Å². The van der Waals surface area contributed by atoms with E-state index in [1.165, 1.54) is 4.31 Å². The summed E-state index contributed by atoms with van der Waals surface area (Å²) in [6.45, 7) is 18.9. The fourth-order valence-corrected chi connectivity index (χ4v) is 5.68. The van der Waals surface area contributed by atoms with Gasteiger partial charge < -0.3 is 10.2 Å². The summed E-state index contributed by atoms with van der Waals surface area (Å²) in [7, 11) is -3.65. The van der Waals surface area contributed by atoms with Gasteiger partial charge >= 0.3 is 0 Å². The van der Waals surface area contributed by atoms with Crippen LogP contribution in [0.5, 0.6) is 0 Å². The molecule has 0 spiro atoms. The molecule has 34 heavy (non-hydrogen) atoms. The first kappa shape index (κ1) is 27.9. The molecule has 1 N–H and O–H groups in total. The Kier molecular flexibility index (Phi) is 9.70. The SMILES string of the molecule is CCN(CC)c1ccc(S(=O)(=O)N(CC)CC)cc1NC(=O)Cc1c(C)nn(CC(C)C)c1C. The first-order chi connectivity index (χ1) is 16.0. The third-order valence-corrected chi connectivity index (χ3v) is 8.14. The van der Waals surface area contributed by atoms with Crippen LogP contribution in [0.1, 0.15) is 58.5 Å². The third kappa shape index (κ3) is 6.18. The first-order valence-electron chi connectivity index (χ1n) is 12.2. The monoisotopic (exact) mass is 491 g/mol. The molecule has 0 saturated heterocycles. The molecule has 1 heterocycles. The Labute approximate surface area is 205 Å². The number of anilines is 2. The first-order valence-corrected chi connectivity index (χ1v) is 13.7. The molecule has 190 valence electrons. The molecule has 0 unspecified atom stereocenters. The minimum Gasteiger partial charge on any atom is -0.370 e. The summed E-state index contributed by atoms with van der Waals surface area (Å²) in [5, 5.41) is 7.61. The molecule has 9 heteroatoms. The van der Waals surface area contributed by atoms with Gasteiger partial charge in [0.25, 0.3) is 0 Å². The Bertz CT molecular complexity index is 1080. The number of rotatable bonds is 12. The molecule has 0 aliphatic heterocycles. The van der Waals surface area contributed by atoms with Crippen molar-refractivity contribution < 1.29 is 13.2 Å². The van der Waals surface area contributed by atoms with Crippen LogP contribution in [0.4, 0.5) is 11.4 Å². The van der Waals surface area contributed by atoms with E-state index in [-0.39, 0.29) is 17.2 Å². The Morgan fingerprint density at radius 3 is 2.21 bits per heavy atom. The average Bonchev–Trinajstić information content (AvgIpc) is 3.02. The van der Waals surface area contributed by atoms with Gasteiger partial charge in [0.1, 0.15) is 0 Å². The maximum absolute atomic E-state index is 13.1. The number of nitrogens with one attached hydrogen (secondary N) is 1. The highest BCUT2D eigenvalue weighted by molar-refractivity contribution is 7.89. The van der Waals surface area contributed by atoms with Gasteiger partial charge in [-0.15, -0.1) is 0 Å². The van der Waals surface area contributed by atoms with Crippen molar-refractivity contribution in [1.82, 2.24) is 14.1 Å². The van der Waals surface area contributed by atoms with Crippen molar-refractivity contribution in [3.8, 4) is 0 Å². The second kappa shape index (κ2) is 11.8. The van der Waals surface area contributed by atoms with Crippen LogP contribution in [0.3, 0.4) is 0 Å². The minimum atomic E-state index is -3.65. The Morgan fingerprint density at radius 1 is 1.06 bits per heavy atom. The number of nitrogens with zero attached hydrogens (tertiary/aromatic N) is 4. The van der Waals surface area contributed by atoms with Crippen LogP contribution in [0, 0.1) is 19.8 Å². The molecule has 1 amide bonds. The zero-order valence-electron chi connectivity index (χ0n) is 22.0. The molecular formula is C25H41N5O3S. The van der Waals surface area contributed by atoms with Crippen molar-refractivity contribution in [2.45, 2.75) is 73.3 Å². The van der Waals surface area contributed by atoms with Crippen molar-refractivity contribution in [2.75, 3.05) is 36.4 Å². The lowest BCUT2D eigenvalue weighted by Crippen LogP contribution is -2.31. The Morgan fingerprint density at radius 2 is 1.68 bits per heavy atom. The smallest absolute Gasteiger partial charge is 0.243 e. The van der Waals surface area contributed by atoms with Crippen molar-refractivity contribution in [2.24, 2.45) is 5.92 Å². The van der Waals surface area contributed by atoms with Crippen LogP contribution < -0.4 is 10.2 Å². The zero-order valence-corrected chi connectivity index (χ0v) is 22.8. The van der Waals surface area contributed by atoms with Gasteiger partial charge in [0.2, 0.25) is 15.9 Å². The van der Waals surface area contributed by atoms with Gasteiger partial charge in [-0.25, -0.2) is 8.42 Å². The van der Waals surface area contributed by atoms with Gasteiger partial charge in [-0.05, 0) is 51.8 Å². The van der Waals surface area contributed by atoms with E-state index in [2.05, 4.69) is 29.2 Å². The maximum Gasteiger partial charge on any atom is 0.243 e. The lowest BCUT2D eigenvalue weighted by molar-refractivity contribution is -0.115. The van der Waals surface area contributed by atoms with Crippen molar-refractivity contribution in [3.05, 3.63) is 35.2 Å². The second-order valence-corrected chi connectivity index (χ2v) is 10.8. The molecular weight excluding hydrogens is 450 g/mol. The van der Waals surface area contributed by atoms with Crippen molar-refractivity contribution in [1.29, 1.82) is 0 Å². The summed E-state index contributed by atoms with van der Waals surface area (Å²) in [4.78, 5) is 15.4. The van der Waals surface area contributed by atoms with Crippen LogP contribution in [-0.2, 0) is 27.8 Å². The van der Waals surface area contributed by atoms with Crippen LogP contribution in [0.25, 0.3) is 0 Å². The number of hydrogen-bond acceptors (Lipinski definition) is 5. The third-order valence-electron chi connectivity index (χ3n) is 6.10. The normalized spacial score (nSPS) is 11.9. The van der Waals surface area contributed by atoms with Crippen molar-refractivity contribution >= 4 is 27.3 Å². The highest BCUT2D eigenvalue weighted by Crippen LogP contribution is 2.30. The highest BCUT2D eigenvalue weighted by atomic mass is 32.2. The Balaban J connectivity index is 2.42. The summed E-state index contributed by atoms with van der Waals surface area (Å²) in [5.74, 6) is 0.257.